The Morgan fingerprint density at radius 2 is 2.16 bits per heavy atom. The van der Waals surface area contributed by atoms with E-state index in [1.54, 1.807) is 6.07 Å². The fourth-order valence-corrected chi connectivity index (χ4v) is 3.20. The van der Waals surface area contributed by atoms with Gasteiger partial charge in [-0.1, -0.05) is 0 Å². The molecule has 5 heteroatoms. The van der Waals surface area contributed by atoms with E-state index in [0.717, 1.165) is 26.1 Å². The smallest absolute Gasteiger partial charge is 0.255 e. The zero-order chi connectivity index (χ0) is 14.0. The molecular formula is C14H18FIN2O. The predicted octanol–water partition coefficient (Wildman–Crippen LogP) is 2.60. The Labute approximate surface area is 126 Å². The number of carbonyl (C=O) groups is 1. The molecule has 0 saturated carbocycles. The lowest BCUT2D eigenvalue weighted by molar-refractivity contribution is 0.0695. The van der Waals surface area contributed by atoms with E-state index in [4.69, 9.17) is 0 Å². The lowest BCUT2D eigenvalue weighted by Gasteiger charge is -2.28. The second kappa shape index (κ2) is 6.17. The number of carbonyl (C=O) groups excluding carboxylic acids is 1. The van der Waals surface area contributed by atoms with Crippen LogP contribution in [0.25, 0.3) is 0 Å². The maximum Gasteiger partial charge on any atom is 0.255 e. The van der Waals surface area contributed by atoms with Crippen LogP contribution in [-0.2, 0) is 0 Å². The third kappa shape index (κ3) is 3.45. The molecule has 0 spiro atoms. The molecule has 1 aliphatic rings. The maximum absolute atomic E-state index is 13.1. The van der Waals surface area contributed by atoms with Crippen LogP contribution >= 0.6 is 22.6 Å². The summed E-state index contributed by atoms with van der Waals surface area (Å²) in [7, 11) is 2.08. The van der Waals surface area contributed by atoms with Gasteiger partial charge in [-0.15, -0.1) is 0 Å². The van der Waals surface area contributed by atoms with Gasteiger partial charge < -0.3 is 9.80 Å². The minimum atomic E-state index is -0.301. The normalized spacial score (nSPS) is 21.3. The van der Waals surface area contributed by atoms with Gasteiger partial charge >= 0.3 is 0 Å². The number of benzene rings is 1. The summed E-state index contributed by atoms with van der Waals surface area (Å²) < 4.78 is 13.8. The lowest BCUT2D eigenvalue weighted by Crippen LogP contribution is -2.42. The highest BCUT2D eigenvalue weighted by molar-refractivity contribution is 14.1. The van der Waals surface area contributed by atoms with Gasteiger partial charge in [-0.3, -0.25) is 4.79 Å². The summed E-state index contributed by atoms with van der Waals surface area (Å²) >= 11 is 2.02. The summed E-state index contributed by atoms with van der Waals surface area (Å²) in [5, 5.41) is 0. The second-order valence-corrected chi connectivity index (χ2v) is 6.25. The van der Waals surface area contributed by atoms with Gasteiger partial charge in [0.2, 0.25) is 0 Å². The van der Waals surface area contributed by atoms with Crippen LogP contribution in [0.4, 0.5) is 4.39 Å². The number of hydrogen-bond acceptors (Lipinski definition) is 2. The van der Waals surface area contributed by atoms with Crippen molar-refractivity contribution in [1.82, 2.24) is 9.80 Å². The molecule has 1 aromatic rings. The first-order valence-electron chi connectivity index (χ1n) is 6.43. The van der Waals surface area contributed by atoms with E-state index in [0.29, 0.717) is 9.13 Å². The van der Waals surface area contributed by atoms with Crippen LogP contribution in [0.5, 0.6) is 0 Å². The molecular weight excluding hydrogens is 358 g/mol. The average Bonchev–Trinajstić information content (AvgIpc) is 2.49. The van der Waals surface area contributed by atoms with Crippen molar-refractivity contribution in [1.29, 1.82) is 0 Å². The minimum absolute atomic E-state index is 0.00667. The highest BCUT2D eigenvalue weighted by Gasteiger charge is 2.26. The number of halogens is 2. The second-order valence-electron chi connectivity index (χ2n) is 5.09. The number of rotatable bonds is 1. The van der Waals surface area contributed by atoms with E-state index >= 15 is 0 Å². The van der Waals surface area contributed by atoms with Gasteiger partial charge in [0.15, 0.2) is 0 Å². The largest absolute Gasteiger partial charge is 0.335 e. The highest BCUT2D eigenvalue weighted by atomic mass is 127. The predicted molar refractivity (Wildman–Crippen MR) is 81.7 cm³/mol. The van der Waals surface area contributed by atoms with Crippen molar-refractivity contribution in [2.24, 2.45) is 0 Å². The van der Waals surface area contributed by atoms with Crippen molar-refractivity contribution in [2.75, 3.05) is 26.7 Å². The van der Waals surface area contributed by atoms with E-state index in [1.165, 1.54) is 12.1 Å². The zero-order valence-corrected chi connectivity index (χ0v) is 13.4. The van der Waals surface area contributed by atoms with Crippen LogP contribution in [-0.4, -0.2) is 48.4 Å². The molecule has 104 valence electrons. The van der Waals surface area contributed by atoms with Gasteiger partial charge in [0.05, 0.1) is 5.56 Å². The highest BCUT2D eigenvalue weighted by Crippen LogP contribution is 2.19. The molecule has 1 aliphatic heterocycles. The fourth-order valence-electron chi connectivity index (χ4n) is 2.49. The van der Waals surface area contributed by atoms with Crippen molar-refractivity contribution in [3.8, 4) is 0 Å². The topological polar surface area (TPSA) is 23.6 Å². The average molecular weight is 376 g/mol. The summed E-state index contributed by atoms with van der Waals surface area (Å²) in [5.74, 6) is -0.295. The molecule has 0 radical (unpaired) electrons. The summed E-state index contributed by atoms with van der Waals surface area (Å²) in [6.45, 7) is 4.71. The Balaban J connectivity index is 2.22. The van der Waals surface area contributed by atoms with Crippen LogP contribution in [0.3, 0.4) is 0 Å². The van der Waals surface area contributed by atoms with Crippen LogP contribution in [0.1, 0.15) is 23.7 Å². The van der Waals surface area contributed by atoms with Crippen molar-refractivity contribution < 1.29 is 9.18 Å². The Bertz CT molecular complexity index is 481. The molecule has 3 nitrogen and oxygen atoms in total. The molecule has 0 aromatic heterocycles. The van der Waals surface area contributed by atoms with Gasteiger partial charge in [0.1, 0.15) is 5.82 Å². The third-order valence-corrected chi connectivity index (χ3v) is 4.36. The molecule has 1 atom stereocenters. The molecule has 19 heavy (non-hydrogen) atoms. The standard InChI is InChI=1S/C14H18FIN2O/c1-10-9-17(2)6-3-7-18(10)14(19)12-5-4-11(15)8-13(12)16/h4-5,8,10H,3,6-7,9H2,1-2H3. The van der Waals surface area contributed by atoms with Crippen LogP contribution < -0.4 is 0 Å². The number of hydrogen-bond donors (Lipinski definition) is 0. The maximum atomic E-state index is 13.1. The number of likely N-dealkylation sites (N-methyl/N-ethyl adjacent to an activating group) is 1. The molecule has 1 aromatic carbocycles. The van der Waals surface area contributed by atoms with E-state index in [1.807, 2.05) is 27.5 Å². The Kier molecular flexibility index (Phi) is 4.78. The molecule has 1 amide bonds. The van der Waals surface area contributed by atoms with Crippen LogP contribution in [0.2, 0.25) is 0 Å². The number of amides is 1. The molecule has 1 saturated heterocycles. The zero-order valence-electron chi connectivity index (χ0n) is 11.2. The molecule has 1 fully saturated rings. The summed E-state index contributed by atoms with van der Waals surface area (Å²) in [6.07, 6.45) is 0.977. The van der Waals surface area contributed by atoms with Crippen molar-refractivity contribution in [2.45, 2.75) is 19.4 Å². The van der Waals surface area contributed by atoms with Gasteiger partial charge in [0.25, 0.3) is 5.91 Å². The fraction of sp³-hybridized carbons (Fsp3) is 0.500. The Morgan fingerprint density at radius 3 is 2.84 bits per heavy atom. The molecule has 0 bridgehead atoms. The summed E-state index contributed by atoms with van der Waals surface area (Å²) in [4.78, 5) is 16.7. The third-order valence-electron chi connectivity index (χ3n) is 3.47. The minimum Gasteiger partial charge on any atom is -0.335 e. The van der Waals surface area contributed by atoms with Crippen molar-refractivity contribution >= 4 is 28.5 Å². The van der Waals surface area contributed by atoms with Gasteiger partial charge in [-0.25, -0.2) is 4.39 Å². The van der Waals surface area contributed by atoms with E-state index in [9.17, 15) is 9.18 Å². The summed E-state index contributed by atoms with van der Waals surface area (Å²) in [6, 6.07) is 4.52. The van der Waals surface area contributed by atoms with E-state index in [2.05, 4.69) is 18.9 Å². The molecule has 2 rings (SSSR count). The molecule has 1 unspecified atom stereocenters. The lowest BCUT2D eigenvalue weighted by atomic mass is 10.1. The first-order valence-corrected chi connectivity index (χ1v) is 7.51. The van der Waals surface area contributed by atoms with Crippen molar-refractivity contribution in [3.05, 3.63) is 33.1 Å². The quantitative estimate of drug-likeness (QED) is 0.704. The molecule has 1 heterocycles. The number of nitrogens with zero attached hydrogens (tertiary/aromatic N) is 2. The molecule has 0 N–H and O–H groups in total. The SMILES string of the molecule is CC1CN(C)CCCN1C(=O)c1ccc(F)cc1I. The Morgan fingerprint density at radius 1 is 1.42 bits per heavy atom. The van der Waals surface area contributed by atoms with Gasteiger partial charge in [0, 0.05) is 22.7 Å². The monoisotopic (exact) mass is 376 g/mol. The van der Waals surface area contributed by atoms with Crippen molar-refractivity contribution in [3.63, 3.8) is 0 Å². The van der Waals surface area contributed by atoms with Crippen LogP contribution in [0.15, 0.2) is 18.2 Å². The van der Waals surface area contributed by atoms with Crippen LogP contribution in [0, 0.1) is 9.39 Å². The van der Waals surface area contributed by atoms with E-state index < -0.39 is 0 Å². The first kappa shape index (κ1) is 14.7. The van der Waals surface area contributed by atoms with Gasteiger partial charge in [-0.2, -0.15) is 0 Å². The Hall–Kier alpha value is -0.690. The summed E-state index contributed by atoms with van der Waals surface area (Å²) in [5.41, 5.74) is 0.596. The van der Waals surface area contributed by atoms with E-state index in [-0.39, 0.29) is 17.8 Å². The first-order chi connectivity index (χ1) is 8.99. The van der Waals surface area contributed by atoms with Gasteiger partial charge in [-0.05, 0) is 67.7 Å². The molecule has 0 aliphatic carbocycles.